The lowest BCUT2D eigenvalue weighted by Crippen LogP contribution is -2.13. The van der Waals surface area contributed by atoms with Gasteiger partial charge in [-0.2, -0.15) is 5.10 Å². The zero-order chi connectivity index (χ0) is 22.8. The van der Waals surface area contributed by atoms with Gasteiger partial charge >= 0.3 is 0 Å². The minimum Gasteiger partial charge on any atom is -0.493 e. The third kappa shape index (κ3) is 3.97. The van der Waals surface area contributed by atoms with Crippen LogP contribution in [0.1, 0.15) is 26.8 Å². The Balaban J connectivity index is 1.62. The van der Waals surface area contributed by atoms with Gasteiger partial charge in [0.2, 0.25) is 0 Å². The Kier molecular flexibility index (Phi) is 5.96. The Bertz CT molecular complexity index is 1280. The Hall–Kier alpha value is -3.65. The molecule has 4 aromatic rings. The van der Waals surface area contributed by atoms with Crippen molar-refractivity contribution in [2.45, 2.75) is 20.8 Å². The van der Waals surface area contributed by atoms with Crippen molar-refractivity contribution in [2.24, 2.45) is 0 Å². The molecule has 2 aromatic carbocycles. The lowest BCUT2D eigenvalue weighted by atomic mass is 10.2. The van der Waals surface area contributed by atoms with Crippen molar-refractivity contribution in [3.05, 3.63) is 70.5 Å². The number of aromatic nitrogens is 3. The molecule has 0 radical (unpaired) electrons. The number of benzene rings is 2. The van der Waals surface area contributed by atoms with Gasteiger partial charge in [0.25, 0.3) is 5.91 Å². The number of thiazole rings is 1. The van der Waals surface area contributed by atoms with E-state index in [4.69, 9.17) is 9.47 Å². The molecule has 4 rings (SSSR count). The number of hydrogen-bond donors (Lipinski definition) is 1. The van der Waals surface area contributed by atoms with E-state index in [0.29, 0.717) is 27.8 Å². The third-order valence-corrected chi connectivity index (χ3v) is 6.37. The minimum absolute atomic E-state index is 0.203. The van der Waals surface area contributed by atoms with Gasteiger partial charge in [0.05, 0.1) is 42.7 Å². The van der Waals surface area contributed by atoms with Gasteiger partial charge in [-0.25, -0.2) is 9.67 Å². The molecular formula is C24H24N4O3S. The second-order valence-corrected chi connectivity index (χ2v) is 8.25. The number of nitrogens with one attached hydrogen (secondary N) is 1. The van der Waals surface area contributed by atoms with Gasteiger partial charge < -0.3 is 14.8 Å². The number of carbonyl (C=O) groups excluding carboxylic acids is 1. The minimum atomic E-state index is -0.203. The molecule has 164 valence electrons. The normalized spacial score (nSPS) is 10.8. The van der Waals surface area contributed by atoms with Crippen LogP contribution in [0, 0.1) is 20.8 Å². The van der Waals surface area contributed by atoms with Crippen LogP contribution in [0.15, 0.2) is 48.5 Å². The highest BCUT2D eigenvalue weighted by atomic mass is 32.1. The fourth-order valence-electron chi connectivity index (χ4n) is 3.51. The van der Waals surface area contributed by atoms with E-state index in [9.17, 15) is 4.79 Å². The number of nitrogens with zero attached hydrogens (tertiary/aromatic N) is 3. The molecule has 2 heterocycles. The molecule has 0 unspecified atom stereocenters. The van der Waals surface area contributed by atoms with Crippen LogP contribution in [0.5, 0.6) is 11.5 Å². The largest absolute Gasteiger partial charge is 0.493 e. The topological polar surface area (TPSA) is 78.3 Å². The first kappa shape index (κ1) is 21.6. The molecule has 1 N–H and O–H groups in total. The van der Waals surface area contributed by atoms with E-state index in [2.05, 4.69) is 15.4 Å². The standard InChI is InChI=1S/C24H24N4O3S/c1-14-21(16(3)28(27-14)18-9-7-6-8-10-18)26-23(29)22-15(2)25-24(32-22)17-11-12-19(30-4)20(13-17)31-5/h6-13H,1-5H3,(H,26,29). The summed E-state index contributed by atoms with van der Waals surface area (Å²) in [6.45, 7) is 5.66. The van der Waals surface area contributed by atoms with E-state index >= 15 is 0 Å². The molecule has 7 nitrogen and oxygen atoms in total. The zero-order valence-corrected chi connectivity index (χ0v) is 19.4. The van der Waals surface area contributed by atoms with Crippen LogP contribution in [0.25, 0.3) is 16.3 Å². The van der Waals surface area contributed by atoms with Gasteiger partial charge in [-0.15, -0.1) is 11.3 Å². The summed E-state index contributed by atoms with van der Waals surface area (Å²) in [6.07, 6.45) is 0. The molecular weight excluding hydrogens is 424 g/mol. The Labute approximate surface area is 190 Å². The molecule has 0 saturated heterocycles. The number of amides is 1. The average Bonchev–Trinajstić information content (AvgIpc) is 3.34. The highest BCUT2D eigenvalue weighted by Gasteiger charge is 2.21. The first-order valence-electron chi connectivity index (χ1n) is 10.1. The van der Waals surface area contributed by atoms with Crippen molar-refractivity contribution in [2.75, 3.05) is 19.5 Å². The van der Waals surface area contributed by atoms with Gasteiger partial charge in [0.1, 0.15) is 9.88 Å². The van der Waals surface area contributed by atoms with Crippen LogP contribution >= 0.6 is 11.3 Å². The molecule has 0 bridgehead atoms. The molecule has 8 heteroatoms. The number of methoxy groups -OCH3 is 2. The number of hydrogen-bond acceptors (Lipinski definition) is 6. The summed E-state index contributed by atoms with van der Waals surface area (Å²) in [5.74, 6) is 1.05. The fraction of sp³-hybridized carbons (Fsp3) is 0.208. The van der Waals surface area contributed by atoms with Crippen molar-refractivity contribution in [1.82, 2.24) is 14.8 Å². The van der Waals surface area contributed by atoms with Crippen LogP contribution < -0.4 is 14.8 Å². The smallest absolute Gasteiger partial charge is 0.267 e. The number of anilines is 1. The molecule has 32 heavy (non-hydrogen) atoms. The second-order valence-electron chi connectivity index (χ2n) is 7.25. The fourth-order valence-corrected chi connectivity index (χ4v) is 4.47. The molecule has 1 amide bonds. The van der Waals surface area contributed by atoms with E-state index in [1.807, 2.05) is 74.0 Å². The average molecular weight is 449 g/mol. The molecule has 0 aliphatic carbocycles. The van der Waals surface area contributed by atoms with E-state index in [1.54, 1.807) is 14.2 Å². The summed E-state index contributed by atoms with van der Waals surface area (Å²) in [4.78, 5) is 18.3. The number of carbonyl (C=O) groups is 1. The van der Waals surface area contributed by atoms with Gasteiger partial charge in [-0.3, -0.25) is 4.79 Å². The van der Waals surface area contributed by atoms with E-state index in [1.165, 1.54) is 11.3 Å². The maximum absolute atomic E-state index is 13.1. The first-order chi connectivity index (χ1) is 15.4. The lowest BCUT2D eigenvalue weighted by Gasteiger charge is -2.08. The van der Waals surface area contributed by atoms with Crippen molar-refractivity contribution in [3.63, 3.8) is 0 Å². The number of para-hydroxylation sites is 1. The maximum Gasteiger partial charge on any atom is 0.267 e. The summed E-state index contributed by atoms with van der Waals surface area (Å²) in [6, 6.07) is 15.4. The van der Waals surface area contributed by atoms with Crippen molar-refractivity contribution in [1.29, 1.82) is 0 Å². The quantitative estimate of drug-likeness (QED) is 0.439. The Morgan fingerprint density at radius 2 is 1.69 bits per heavy atom. The van der Waals surface area contributed by atoms with Gasteiger partial charge in [-0.1, -0.05) is 18.2 Å². The van der Waals surface area contributed by atoms with Gasteiger partial charge in [0.15, 0.2) is 11.5 Å². The highest BCUT2D eigenvalue weighted by molar-refractivity contribution is 7.17. The Morgan fingerprint density at radius 3 is 2.38 bits per heavy atom. The van der Waals surface area contributed by atoms with Crippen LogP contribution in [0.2, 0.25) is 0 Å². The third-order valence-electron chi connectivity index (χ3n) is 5.16. The van der Waals surface area contributed by atoms with Crippen LogP contribution in [-0.2, 0) is 0 Å². The summed E-state index contributed by atoms with van der Waals surface area (Å²) in [5, 5.41) is 8.37. The van der Waals surface area contributed by atoms with Crippen LogP contribution in [-0.4, -0.2) is 34.9 Å². The number of ether oxygens (including phenoxy) is 2. The number of aryl methyl sites for hydroxylation is 2. The molecule has 0 saturated carbocycles. The molecule has 2 aromatic heterocycles. The summed E-state index contributed by atoms with van der Waals surface area (Å²) >= 11 is 1.34. The summed E-state index contributed by atoms with van der Waals surface area (Å²) < 4.78 is 12.5. The van der Waals surface area contributed by atoms with Crippen molar-refractivity contribution >= 4 is 22.9 Å². The highest BCUT2D eigenvalue weighted by Crippen LogP contribution is 2.35. The molecule has 0 fully saturated rings. The van der Waals surface area contributed by atoms with Crippen molar-refractivity contribution in [3.8, 4) is 27.8 Å². The number of rotatable bonds is 6. The second kappa shape index (κ2) is 8.84. The Morgan fingerprint density at radius 1 is 0.969 bits per heavy atom. The van der Waals surface area contributed by atoms with Crippen molar-refractivity contribution < 1.29 is 14.3 Å². The first-order valence-corrected chi connectivity index (χ1v) is 10.9. The van der Waals surface area contributed by atoms with E-state index < -0.39 is 0 Å². The molecule has 0 spiro atoms. The van der Waals surface area contributed by atoms with Gasteiger partial charge in [-0.05, 0) is 51.1 Å². The summed E-state index contributed by atoms with van der Waals surface area (Å²) in [5.41, 5.74) is 4.80. The van der Waals surface area contributed by atoms with E-state index in [-0.39, 0.29) is 5.91 Å². The maximum atomic E-state index is 13.1. The zero-order valence-electron chi connectivity index (χ0n) is 18.6. The van der Waals surface area contributed by atoms with Crippen LogP contribution in [0.3, 0.4) is 0 Å². The molecule has 0 aliphatic heterocycles. The molecule has 0 atom stereocenters. The van der Waals surface area contributed by atoms with E-state index in [0.717, 1.165) is 27.6 Å². The van der Waals surface area contributed by atoms with Gasteiger partial charge in [0, 0.05) is 5.56 Å². The SMILES string of the molecule is COc1ccc(-c2nc(C)c(C(=O)Nc3c(C)nn(-c4ccccc4)c3C)s2)cc1OC. The predicted octanol–water partition coefficient (Wildman–Crippen LogP) is 5.19. The summed E-state index contributed by atoms with van der Waals surface area (Å²) in [7, 11) is 3.19. The monoisotopic (exact) mass is 448 g/mol. The predicted molar refractivity (Wildman–Crippen MR) is 126 cm³/mol. The molecule has 0 aliphatic rings. The lowest BCUT2D eigenvalue weighted by molar-refractivity contribution is 0.102. The van der Waals surface area contributed by atoms with Crippen LogP contribution in [0.4, 0.5) is 5.69 Å².